The predicted octanol–water partition coefficient (Wildman–Crippen LogP) is 3.61. The van der Waals surface area contributed by atoms with Crippen molar-refractivity contribution in [1.82, 2.24) is 5.32 Å². The molecule has 2 aromatic carbocycles. The molecule has 1 heterocycles. The van der Waals surface area contributed by atoms with Gasteiger partial charge in [0.15, 0.2) is 5.78 Å². The first-order valence-corrected chi connectivity index (χ1v) is 9.47. The van der Waals surface area contributed by atoms with Crippen LogP contribution in [0.2, 0.25) is 0 Å². The van der Waals surface area contributed by atoms with Crippen LogP contribution < -0.4 is 5.32 Å². The van der Waals surface area contributed by atoms with Crippen molar-refractivity contribution in [2.24, 2.45) is 0 Å². The molecule has 0 fully saturated rings. The van der Waals surface area contributed by atoms with Crippen LogP contribution >= 0.6 is 12.0 Å². The molecule has 1 N–H and O–H groups in total. The first-order chi connectivity index (χ1) is 14.2. The minimum Gasteiger partial charge on any atom is -0.321 e. The van der Waals surface area contributed by atoms with E-state index >= 15 is 0 Å². The molecule has 0 radical (unpaired) electrons. The number of rotatable bonds is 6. The van der Waals surface area contributed by atoms with Crippen LogP contribution in [0.4, 0.5) is 0 Å². The zero-order chi connectivity index (χ0) is 20.4. The largest absolute Gasteiger partial charge is 0.321 e. The number of carbonyl (C=O) groups excluding carboxylic acids is 2. The Balaban J connectivity index is 1.72. The Bertz CT molecular complexity index is 1110. The second-order valence-corrected chi connectivity index (χ2v) is 6.87. The lowest BCUT2D eigenvalue weighted by molar-refractivity contribution is -0.458. The fraction of sp³-hybridized carbons (Fsp3) is 0.0952. The van der Waals surface area contributed by atoms with Gasteiger partial charge in [-0.3, -0.25) is 9.59 Å². The number of nitrogens with zero attached hydrogens (tertiary/aromatic N) is 1. The maximum Gasteiger partial charge on any atom is 0.257 e. The van der Waals surface area contributed by atoms with E-state index in [0.29, 0.717) is 29.0 Å². The Hall–Kier alpha value is -3.22. The van der Waals surface area contributed by atoms with Crippen molar-refractivity contribution in [2.45, 2.75) is 11.8 Å². The molecule has 7 nitrogen and oxygen atoms in total. The monoisotopic (exact) mass is 406 g/mol. The number of benzene rings is 2. The number of Topliss-reactive ketones (excluding diaryl/α,β-unsaturated/α-hetero) is 1. The van der Waals surface area contributed by atoms with Crippen molar-refractivity contribution in [3.05, 3.63) is 76.4 Å². The minimum absolute atomic E-state index is 0.123. The average molecular weight is 406 g/mol. The summed E-state index contributed by atoms with van der Waals surface area (Å²) in [7, 11) is 0. The SMILES string of the molecule is CCOOOSc1ccc(C2=C3C(=O)c4ccccc4C(C#N)=C3C(=O)N2)cc1. The molecule has 1 aliphatic carbocycles. The topological polar surface area (TPSA) is 97.7 Å². The number of allylic oxidation sites excluding steroid dienone is 1. The lowest BCUT2D eigenvalue weighted by Gasteiger charge is -2.17. The summed E-state index contributed by atoms with van der Waals surface area (Å²) in [6, 6.07) is 15.9. The Labute approximate surface area is 170 Å². The van der Waals surface area contributed by atoms with Gasteiger partial charge in [-0.1, -0.05) is 41.4 Å². The number of nitriles is 1. The number of ketones is 1. The Kier molecular flexibility index (Phi) is 5.29. The fourth-order valence-electron chi connectivity index (χ4n) is 3.24. The second-order valence-electron chi connectivity index (χ2n) is 6.09. The summed E-state index contributed by atoms with van der Waals surface area (Å²) < 4.78 is 4.83. The van der Waals surface area contributed by atoms with Gasteiger partial charge in [-0.05, 0) is 24.6 Å². The predicted molar refractivity (Wildman–Crippen MR) is 104 cm³/mol. The highest BCUT2D eigenvalue weighted by Crippen LogP contribution is 2.41. The van der Waals surface area contributed by atoms with E-state index in [4.69, 9.17) is 4.33 Å². The quantitative estimate of drug-likeness (QED) is 0.339. The third kappa shape index (κ3) is 3.37. The molecule has 8 heteroatoms. The molecule has 0 atom stereocenters. The fourth-order valence-corrected chi connectivity index (χ4v) is 3.63. The summed E-state index contributed by atoms with van der Waals surface area (Å²) in [6.07, 6.45) is 0. The van der Waals surface area contributed by atoms with Crippen LogP contribution in [0.1, 0.15) is 28.4 Å². The Morgan fingerprint density at radius 1 is 1.03 bits per heavy atom. The number of hydrogen-bond donors (Lipinski definition) is 1. The molecule has 29 heavy (non-hydrogen) atoms. The maximum atomic E-state index is 13.1. The van der Waals surface area contributed by atoms with Gasteiger partial charge in [0.25, 0.3) is 5.91 Å². The molecule has 4 rings (SSSR count). The van der Waals surface area contributed by atoms with E-state index < -0.39 is 5.91 Å². The van der Waals surface area contributed by atoms with Crippen LogP contribution in [-0.2, 0) is 19.1 Å². The first-order valence-electron chi connectivity index (χ1n) is 8.73. The number of hydrogen-bond acceptors (Lipinski definition) is 7. The third-order valence-corrected chi connectivity index (χ3v) is 5.05. The average Bonchev–Trinajstić information content (AvgIpc) is 3.10. The summed E-state index contributed by atoms with van der Waals surface area (Å²) in [5.41, 5.74) is 2.47. The number of amides is 1. The molecule has 2 aromatic rings. The van der Waals surface area contributed by atoms with Crippen LogP contribution in [0.25, 0.3) is 11.3 Å². The third-order valence-electron chi connectivity index (χ3n) is 4.46. The van der Waals surface area contributed by atoms with Crippen molar-refractivity contribution in [3.63, 3.8) is 0 Å². The molecular weight excluding hydrogens is 392 g/mol. The van der Waals surface area contributed by atoms with Crippen molar-refractivity contribution < 1.29 is 23.8 Å². The van der Waals surface area contributed by atoms with Crippen molar-refractivity contribution >= 4 is 35.0 Å². The highest BCUT2D eigenvalue weighted by atomic mass is 32.2. The van der Waals surface area contributed by atoms with Crippen molar-refractivity contribution in [3.8, 4) is 6.07 Å². The van der Waals surface area contributed by atoms with Crippen LogP contribution in [0.15, 0.2) is 64.6 Å². The zero-order valence-electron chi connectivity index (χ0n) is 15.2. The smallest absolute Gasteiger partial charge is 0.257 e. The van der Waals surface area contributed by atoms with Gasteiger partial charge < -0.3 is 5.32 Å². The molecule has 1 amide bonds. The van der Waals surface area contributed by atoms with Crippen molar-refractivity contribution in [2.75, 3.05) is 6.61 Å². The summed E-state index contributed by atoms with van der Waals surface area (Å²) in [6.45, 7) is 2.12. The first kappa shape index (κ1) is 19.1. The molecule has 2 aliphatic rings. The van der Waals surface area contributed by atoms with Gasteiger partial charge in [0, 0.05) is 16.0 Å². The van der Waals surface area contributed by atoms with Gasteiger partial charge in [0.1, 0.15) is 6.07 Å². The maximum absolute atomic E-state index is 13.1. The zero-order valence-corrected chi connectivity index (χ0v) is 16.0. The van der Waals surface area contributed by atoms with Crippen LogP contribution in [-0.4, -0.2) is 18.3 Å². The van der Waals surface area contributed by atoms with Gasteiger partial charge >= 0.3 is 0 Å². The van der Waals surface area contributed by atoms with E-state index in [1.165, 1.54) is 0 Å². The lowest BCUT2D eigenvalue weighted by Crippen LogP contribution is -2.19. The molecule has 144 valence electrons. The highest BCUT2D eigenvalue weighted by molar-refractivity contribution is 7.94. The van der Waals surface area contributed by atoms with Crippen molar-refractivity contribution in [1.29, 1.82) is 5.26 Å². The number of carbonyl (C=O) groups is 2. The summed E-state index contributed by atoms with van der Waals surface area (Å²) >= 11 is 0.960. The molecule has 0 saturated carbocycles. The summed E-state index contributed by atoms with van der Waals surface area (Å²) in [4.78, 5) is 31.1. The Morgan fingerprint density at radius 3 is 2.45 bits per heavy atom. The van der Waals surface area contributed by atoms with Gasteiger partial charge in [-0.25, -0.2) is 4.89 Å². The van der Waals surface area contributed by atoms with Crippen LogP contribution in [0, 0.1) is 11.3 Å². The molecule has 0 unspecified atom stereocenters. The molecule has 0 spiro atoms. The molecular formula is C21H14N2O5S. The molecule has 0 aromatic heterocycles. The molecule has 0 bridgehead atoms. The minimum atomic E-state index is -0.457. The second kappa shape index (κ2) is 8.03. The van der Waals surface area contributed by atoms with Gasteiger partial charge in [0.2, 0.25) is 0 Å². The number of nitrogens with one attached hydrogen (secondary N) is 1. The standard InChI is InChI=1S/C21H14N2O5S/c1-2-26-27-28-29-13-9-7-12(8-10-13)19-18-17(21(25)23-19)16(11-22)14-5-3-4-6-15(14)20(18)24/h3-10H,2H2,1H3,(H,23,25). The molecule has 0 saturated heterocycles. The summed E-state index contributed by atoms with van der Waals surface area (Å²) in [5, 5.41) is 16.9. The van der Waals surface area contributed by atoms with E-state index in [0.717, 1.165) is 16.9 Å². The lowest BCUT2D eigenvalue weighted by atomic mass is 9.81. The molecule has 1 aliphatic heterocycles. The van der Waals surface area contributed by atoms with E-state index in [2.05, 4.69) is 21.3 Å². The summed E-state index contributed by atoms with van der Waals surface area (Å²) in [5.74, 6) is -0.740. The van der Waals surface area contributed by atoms with Gasteiger partial charge in [-0.2, -0.15) is 5.26 Å². The van der Waals surface area contributed by atoms with E-state index in [-0.39, 0.29) is 22.5 Å². The normalized spacial score (nSPS) is 15.2. The number of fused-ring (bicyclic) bond motifs is 2. The van der Waals surface area contributed by atoms with Gasteiger partial charge in [-0.15, -0.1) is 4.33 Å². The highest BCUT2D eigenvalue weighted by Gasteiger charge is 2.40. The van der Waals surface area contributed by atoms with E-state index in [1.54, 1.807) is 55.5 Å². The van der Waals surface area contributed by atoms with E-state index in [1.807, 2.05) is 0 Å². The van der Waals surface area contributed by atoms with Gasteiger partial charge in [0.05, 0.1) is 41.1 Å². The van der Waals surface area contributed by atoms with Crippen LogP contribution in [0.3, 0.4) is 0 Å². The van der Waals surface area contributed by atoms with Crippen LogP contribution in [0.5, 0.6) is 0 Å². The van der Waals surface area contributed by atoms with E-state index in [9.17, 15) is 14.9 Å². The Morgan fingerprint density at radius 2 is 1.76 bits per heavy atom.